The van der Waals surface area contributed by atoms with Crippen molar-refractivity contribution in [1.29, 1.82) is 0 Å². The van der Waals surface area contributed by atoms with E-state index in [-0.39, 0.29) is 5.96 Å². The van der Waals surface area contributed by atoms with Gasteiger partial charge in [0, 0.05) is 6.20 Å². The van der Waals surface area contributed by atoms with E-state index in [9.17, 15) is 0 Å². The summed E-state index contributed by atoms with van der Waals surface area (Å²) in [6, 6.07) is 5.39. The molecule has 0 saturated carbocycles. The van der Waals surface area contributed by atoms with Crippen molar-refractivity contribution in [3.05, 3.63) is 24.4 Å². The summed E-state index contributed by atoms with van der Waals surface area (Å²) in [4.78, 5) is 12.7. The Balaban J connectivity index is 2.55. The lowest BCUT2D eigenvalue weighted by Crippen LogP contribution is -2.31. The third-order valence-corrected chi connectivity index (χ3v) is 1.21. The molecule has 1 aromatic heterocycles. The van der Waals surface area contributed by atoms with Crippen LogP contribution in [0.25, 0.3) is 0 Å². The molecule has 0 radical (unpaired) electrons. The van der Waals surface area contributed by atoms with Gasteiger partial charge in [-0.3, -0.25) is 4.84 Å². The second-order valence-electron chi connectivity index (χ2n) is 2.22. The van der Waals surface area contributed by atoms with Crippen LogP contribution in [0.5, 0.6) is 0 Å². The maximum absolute atomic E-state index is 5.47. The third kappa shape index (κ3) is 3.53. The van der Waals surface area contributed by atoms with Crippen LogP contribution in [0.3, 0.4) is 0 Å². The molecule has 0 fully saturated rings. The number of nitrogens with two attached hydrogens (primary N) is 1. The van der Waals surface area contributed by atoms with E-state index < -0.39 is 0 Å². The van der Waals surface area contributed by atoms with Gasteiger partial charge >= 0.3 is 0 Å². The maximum Gasteiger partial charge on any atom is 0.219 e. The van der Waals surface area contributed by atoms with Gasteiger partial charge in [0.05, 0.1) is 6.61 Å². The number of nitrogens with one attached hydrogen (secondary N) is 1. The van der Waals surface area contributed by atoms with Crippen molar-refractivity contribution in [1.82, 2.24) is 10.5 Å². The molecule has 1 rings (SSSR count). The Hall–Kier alpha value is -1.62. The lowest BCUT2D eigenvalue weighted by molar-refractivity contribution is 0.0960. The molecule has 1 heterocycles. The van der Waals surface area contributed by atoms with Crippen LogP contribution in [-0.2, 0) is 4.84 Å². The monoisotopic (exact) mass is 180 g/mol. The van der Waals surface area contributed by atoms with Gasteiger partial charge in [0.2, 0.25) is 5.96 Å². The molecule has 0 unspecified atom stereocenters. The van der Waals surface area contributed by atoms with Crippen molar-refractivity contribution in [2.24, 2.45) is 10.7 Å². The zero-order chi connectivity index (χ0) is 9.52. The van der Waals surface area contributed by atoms with E-state index in [4.69, 9.17) is 10.6 Å². The molecule has 0 aliphatic heterocycles. The Morgan fingerprint density at radius 2 is 2.54 bits per heavy atom. The first kappa shape index (κ1) is 9.47. The van der Waals surface area contributed by atoms with Gasteiger partial charge in [-0.25, -0.2) is 10.5 Å². The molecule has 70 valence electrons. The van der Waals surface area contributed by atoms with Gasteiger partial charge in [0.15, 0.2) is 5.82 Å². The first-order valence-corrected chi connectivity index (χ1v) is 3.96. The summed E-state index contributed by atoms with van der Waals surface area (Å²) in [6.07, 6.45) is 1.65. The highest BCUT2D eigenvalue weighted by atomic mass is 16.6. The number of aliphatic imine (C=N–C) groups is 1. The predicted molar refractivity (Wildman–Crippen MR) is 50.3 cm³/mol. The van der Waals surface area contributed by atoms with Crippen LogP contribution in [0.15, 0.2) is 29.4 Å². The Morgan fingerprint density at radius 3 is 3.15 bits per heavy atom. The number of aromatic nitrogens is 1. The molecule has 0 aliphatic carbocycles. The summed E-state index contributed by atoms with van der Waals surface area (Å²) in [5.41, 5.74) is 7.93. The van der Waals surface area contributed by atoms with E-state index in [0.29, 0.717) is 12.4 Å². The lowest BCUT2D eigenvalue weighted by Gasteiger charge is -2.02. The molecule has 0 aliphatic rings. The van der Waals surface area contributed by atoms with Gasteiger partial charge in [-0.2, -0.15) is 4.99 Å². The molecule has 13 heavy (non-hydrogen) atoms. The number of guanidine groups is 1. The summed E-state index contributed by atoms with van der Waals surface area (Å²) in [7, 11) is 0. The van der Waals surface area contributed by atoms with Crippen LogP contribution in [0, 0.1) is 0 Å². The van der Waals surface area contributed by atoms with Crippen LogP contribution >= 0.6 is 0 Å². The van der Waals surface area contributed by atoms with Crippen molar-refractivity contribution in [2.45, 2.75) is 6.92 Å². The van der Waals surface area contributed by atoms with Gasteiger partial charge < -0.3 is 5.73 Å². The molecular formula is C8H12N4O. The fourth-order valence-electron chi connectivity index (χ4n) is 0.712. The average molecular weight is 180 g/mol. The van der Waals surface area contributed by atoms with E-state index >= 15 is 0 Å². The maximum atomic E-state index is 5.47. The quantitative estimate of drug-likeness (QED) is 0.405. The van der Waals surface area contributed by atoms with Crippen molar-refractivity contribution in [2.75, 3.05) is 6.61 Å². The highest BCUT2D eigenvalue weighted by molar-refractivity contribution is 5.79. The van der Waals surface area contributed by atoms with Gasteiger partial charge in [-0.05, 0) is 19.1 Å². The second kappa shape index (κ2) is 5.10. The highest BCUT2D eigenvalue weighted by Crippen LogP contribution is 2.03. The Kier molecular flexibility index (Phi) is 3.72. The molecular weight excluding hydrogens is 168 g/mol. The first-order chi connectivity index (χ1) is 6.33. The zero-order valence-corrected chi connectivity index (χ0v) is 7.40. The molecule has 0 amide bonds. The summed E-state index contributed by atoms with van der Waals surface area (Å²) in [5.74, 6) is 0.743. The highest BCUT2D eigenvalue weighted by Gasteiger charge is 1.91. The number of pyridine rings is 1. The number of rotatable bonds is 3. The lowest BCUT2D eigenvalue weighted by atomic mass is 10.5. The molecule has 3 N–H and O–H groups in total. The molecule has 1 aromatic rings. The first-order valence-electron chi connectivity index (χ1n) is 3.96. The predicted octanol–water partition coefficient (Wildman–Crippen LogP) is 0.569. The minimum absolute atomic E-state index is 0.195. The summed E-state index contributed by atoms with van der Waals surface area (Å²) < 4.78 is 0. The Bertz CT molecular complexity index is 273. The summed E-state index contributed by atoms with van der Waals surface area (Å²) in [6.45, 7) is 2.37. The van der Waals surface area contributed by atoms with Crippen LogP contribution in [0.2, 0.25) is 0 Å². The fourth-order valence-corrected chi connectivity index (χ4v) is 0.712. The SMILES string of the molecule is CCON/C(N)=N/c1ccccn1. The number of nitrogens with zero attached hydrogens (tertiary/aromatic N) is 2. The van der Waals surface area contributed by atoms with E-state index in [1.165, 1.54) is 0 Å². The molecule has 0 saturated heterocycles. The minimum atomic E-state index is 0.195. The number of hydroxylamine groups is 1. The summed E-state index contributed by atoms with van der Waals surface area (Å²) in [5, 5.41) is 0. The molecule has 0 atom stereocenters. The van der Waals surface area contributed by atoms with E-state index in [1.807, 2.05) is 19.1 Å². The zero-order valence-electron chi connectivity index (χ0n) is 7.40. The van der Waals surface area contributed by atoms with Crippen LogP contribution in [0.4, 0.5) is 5.82 Å². The van der Waals surface area contributed by atoms with E-state index in [2.05, 4.69) is 15.5 Å². The molecule has 5 nitrogen and oxygen atoms in total. The Labute approximate surface area is 76.6 Å². The van der Waals surface area contributed by atoms with E-state index in [1.54, 1.807) is 12.3 Å². The normalized spacial score (nSPS) is 11.3. The summed E-state index contributed by atoms with van der Waals surface area (Å²) >= 11 is 0. The van der Waals surface area contributed by atoms with Crippen molar-refractivity contribution in [3.63, 3.8) is 0 Å². The Morgan fingerprint density at radius 1 is 1.69 bits per heavy atom. The fraction of sp³-hybridized carbons (Fsp3) is 0.250. The standard InChI is InChI=1S/C8H12N4O/c1-2-13-12-8(9)11-7-5-3-4-6-10-7/h3-6H,2H2,1H3,(H3,9,10,11,12). The van der Waals surface area contributed by atoms with Gasteiger partial charge in [0.1, 0.15) is 0 Å². The molecule has 0 bridgehead atoms. The smallest absolute Gasteiger partial charge is 0.219 e. The van der Waals surface area contributed by atoms with Gasteiger partial charge in [-0.15, -0.1) is 0 Å². The van der Waals surface area contributed by atoms with Crippen LogP contribution < -0.4 is 11.2 Å². The van der Waals surface area contributed by atoms with Crippen LogP contribution in [0.1, 0.15) is 6.92 Å². The second-order valence-corrected chi connectivity index (χ2v) is 2.22. The van der Waals surface area contributed by atoms with E-state index in [0.717, 1.165) is 0 Å². The molecule has 5 heteroatoms. The third-order valence-electron chi connectivity index (χ3n) is 1.21. The van der Waals surface area contributed by atoms with Gasteiger partial charge in [0.25, 0.3) is 0 Å². The number of hydrogen-bond acceptors (Lipinski definition) is 3. The molecule has 0 aromatic carbocycles. The minimum Gasteiger partial charge on any atom is -0.368 e. The van der Waals surface area contributed by atoms with Crippen molar-refractivity contribution >= 4 is 11.8 Å². The van der Waals surface area contributed by atoms with Gasteiger partial charge in [-0.1, -0.05) is 6.07 Å². The van der Waals surface area contributed by atoms with Crippen LogP contribution in [-0.4, -0.2) is 17.6 Å². The largest absolute Gasteiger partial charge is 0.368 e. The van der Waals surface area contributed by atoms with Crippen molar-refractivity contribution < 1.29 is 4.84 Å². The molecule has 0 spiro atoms. The van der Waals surface area contributed by atoms with Crippen molar-refractivity contribution in [3.8, 4) is 0 Å². The number of hydrogen-bond donors (Lipinski definition) is 2. The average Bonchev–Trinajstić information content (AvgIpc) is 2.16. The topological polar surface area (TPSA) is 72.5 Å².